The smallest absolute Gasteiger partial charge is 0.192 e. The molecule has 0 bridgehead atoms. The second-order valence-corrected chi connectivity index (χ2v) is 3.77. The lowest BCUT2D eigenvalue weighted by molar-refractivity contribution is 0.103. The highest BCUT2D eigenvalue weighted by Crippen LogP contribution is 2.38. The van der Waals surface area contributed by atoms with Gasteiger partial charge in [0.1, 0.15) is 0 Å². The van der Waals surface area contributed by atoms with Crippen molar-refractivity contribution in [2.45, 2.75) is 6.42 Å². The number of carbonyl (C=O) groups excluding carboxylic acids is 1. The molecule has 0 saturated carbocycles. The first-order chi connectivity index (χ1) is 7.83. The van der Waals surface area contributed by atoms with Crippen molar-refractivity contribution in [2.75, 3.05) is 0 Å². The Kier molecular flexibility index (Phi) is 1.79. The molecular formula is C14H11NO. The number of Topliss-reactive ketones (excluding diaryl/α,β-unsaturated/α-hetero) is 1. The van der Waals surface area contributed by atoms with Gasteiger partial charge >= 0.3 is 0 Å². The first-order valence-electron chi connectivity index (χ1n) is 5.13. The number of benzene rings is 1. The predicted molar refractivity (Wildman–Crippen MR) is 65.6 cm³/mol. The molecule has 0 fully saturated rings. The van der Waals surface area contributed by atoms with Gasteiger partial charge in [0.05, 0.1) is 5.70 Å². The summed E-state index contributed by atoms with van der Waals surface area (Å²) >= 11 is 0. The third-order valence-electron chi connectivity index (χ3n) is 2.93. The van der Waals surface area contributed by atoms with Gasteiger partial charge in [-0.1, -0.05) is 30.8 Å². The lowest BCUT2D eigenvalue weighted by atomic mass is 9.85. The van der Waals surface area contributed by atoms with Crippen LogP contribution in [0.2, 0.25) is 0 Å². The predicted octanol–water partition coefficient (Wildman–Crippen LogP) is 3.03. The zero-order chi connectivity index (χ0) is 11.1. The number of ketones is 1. The van der Waals surface area contributed by atoms with E-state index in [2.05, 4.69) is 17.3 Å². The molecule has 78 valence electrons. The highest BCUT2D eigenvalue weighted by atomic mass is 16.1. The van der Waals surface area contributed by atoms with Crippen LogP contribution in [0.5, 0.6) is 0 Å². The standard InChI is InChI=1S/C14H9NO.H2/c1-2-9-10-5-3-4-6-11(10)14(16)12-7-8-15-13(9)12;/h3-6,8H,1,7H2;1H. The molecular weight excluding hydrogens is 198 g/mol. The van der Waals surface area contributed by atoms with Crippen LogP contribution in [0.25, 0.3) is 5.57 Å². The Balaban J connectivity index is 0.00000108. The van der Waals surface area contributed by atoms with Crippen LogP contribution in [0, 0.1) is 0 Å². The highest BCUT2D eigenvalue weighted by Gasteiger charge is 2.30. The third kappa shape index (κ3) is 1.02. The molecule has 1 aliphatic carbocycles. The van der Waals surface area contributed by atoms with E-state index >= 15 is 0 Å². The second-order valence-electron chi connectivity index (χ2n) is 3.77. The Morgan fingerprint density at radius 2 is 2.06 bits per heavy atom. The van der Waals surface area contributed by atoms with Crippen molar-refractivity contribution in [1.82, 2.24) is 0 Å². The maximum Gasteiger partial charge on any atom is 0.192 e. The third-order valence-corrected chi connectivity index (χ3v) is 2.93. The van der Waals surface area contributed by atoms with Gasteiger partial charge in [-0.2, -0.15) is 0 Å². The van der Waals surface area contributed by atoms with Crippen molar-refractivity contribution >= 4 is 17.6 Å². The van der Waals surface area contributed by atoms with Crippen molar-refractivity contribution in [3.63, 3.8) is 0 Å². The Hall–Kier alpha value is -2.18. The molecule has 1 aromatic carbocycles. The van der Waals surface area contributed by atoms with Gasteiger partial charge in [0.2, 0.25) is 0 Å². The van der Waals surface area contributed by atoms with Crippen LogP contribution in [0.3, 0.4) is 0 Å². The summed E-state index contributed by atoms with van der Waals surface area (Å²) in [6.07, 6.45) is 2.39. The summed E-state index contributed by atoms with van der Waals surface area (Å²) in [5.74, 6) is 0.0853. The van der Waals surface area contributed by atoms with E-state index in [0.29, 0.717) is 6.42 Å². The zero-order valence-electron chi connectivity index (χ0n) is 8.66. The van der Waals surface area contributed by atoms with E-state index in [4.69, 9.17) is 0 Å². The van der Waals surface area contributed by atoms with Crippen LogP contribution >= 0.6 is 0 Å². The number of allylic oxidation sites excluding steroid dienone is 2. The summed E-state index contributed by atoms with van der Waals surface area (Å²) in [7, 11) is 0. The van der Waals surface area contributed by atoms with Gasteiger partial charge in [-0.15, -0.1) is 5.73 Å². The minimum atomic E-state index is 0. The molecule has 2 nitrogen and oxygen atoms in total. The van der Waals surface area contributed by atoms with Gasteiger partial charge in [0, 0.05) is 36.3 Å². The van der Waals surface area contributed by atoms with Gasteiger partial charge in [0.25, 0.3) is 0 Å². The van der Waals surface area contributed by atoms with E-state index < -0.39 is 0 Å². The van der Waals surface area contributed by atoms with E-state index in [1.807, 2.05) is 24.3 Å². The van der Waals surface area contributed by atoms with Crippen LogP contribution in [0.4, 0.5) is 0 Å². The fourth-order valence-corrected chi connectivity index (χ4v) is 2.19. The Morgan fingerprint density at radius 1 is 1.31 bits per heavy atom. The Labute approximate surface area is 94.8 Å². The fraction of sp³-hybridized carbons (Fsp3) is 0.0714. The average molecular weight is 209 g/mol. The van der Waals surface area contributed by atoms with E-state index in [-0.39, 0.29) is 7.21 Å². The summed E-state index contributed by atoms with van der Waals surface area (Å²) in [4.78, 5) is 16.4. The Bertz CT molecular complexity index is 619. The molecule has 2 heteroatoms. The minimum absolute atomic E-state index is 0. The summed E-state index contributed by atoms with van der Waals surface area (Å²) in [5, 5.41) is 0. The molecule has 0 saturated heterocycles. The van der Waals surface area contributed by atoms with Crippen molar-refractivity contribution in [2.24, 2.45) is 4.99 Å². The number of rotatable bonds is 0. The summed E-state index contributed by atoms with van der Waals surface area (Å²) in [6, 6.07) is 7.54. The molecule has 0 N–H and O–H groups in total. The van der Waals surface area contributed by atoms with Crippen molar-refractivity contribution in [1.29, 1.82) is 0 Å². The van der Waals surface area contributed by atoms with Crippen LogP contribution < -0.4 is 0 Å². The molecule has 3 rings (SSSR count). The first kappa shape index (κ1) is 9.08. The van der Waals surface area contributed by atoms with E-state index in [9.17, 15) is 4.79 Å². The van der Waals surface area contributed by atoms with E-state index in [0.717, 1.165) is 28.0 Å². The molecule has 2 aliphatic rings. The molecule has 0 atom stereocenters. The zero-order valence-corrected chi connectivity index (χ0v) is 8.66. The summed E-state index contributed by atoms with van der Waals surface area (Å²) < 4.78 is 0. The highest BCUT2D eigenvalue weighted by molar-refractivity contribution is 6.19. The van der Waals surface area contributed by atoms with Crippen molar-refractivity contribution < 1.29 is 6.22 Å². The van der Waals surface area contributed by atoms with Crippen molar-refractivity contribution in [3.8, 4) is 0 Å². The van der Waals surface area contributed by atoms with Crippen molar-refractivity contribution in [3.05, 3.63) is 59.0 Å². The molecule has 0 spiro atoms. The maximum absolute atomic E-state index is 12.2. The molecule has 1 heterocycles. The minimum Gasteiger partial charge on any atom is -0.289 e. The molecule has 1 aromatic rings. The average Bonchev–Trinajstić information content (AvgIpc) is 2.79. The van der Waals surface area contributed by atoms with Gasteiger partial charge < -0.3 is 0 Å². The number of nitrogens with zero attached hydrogens (tertiary/aromatic N) is 1. The SMILES string of the molecule is C=C=C1C2=C(CC=N2)C(=O)c2ccccc21.[HH]. The van der Waals surface area contributed by atoms with E-state index in [1.165, 1.54) is 0 Å². The Morgan fingerprint density at radius 3 is 2.81 bits per heavy atom. The quantitative estimate of drug-likeness (QED) is 0.604. The van der Waals surface area contributed by atoms with Crippen LogP contribution in [-0.2, 0) is 0 Å². The van der Waals surface area contributed by atoms with Crippen LogP contribution in [-0.4, -0.2) is 12.0 Å². The largest absolute Gasteiger partial charge is 0.289 e. The normalized spacial score (nSPS) is 17.2. The first-order valence-corrected chi connectivity index (χ1v) is 5.13. The molecule has 0 unspecified atom stereocenters. The number of carbonyl (C=O) groups is 1. The lowest BCUT2D eigenvalue weighted by Crippen LogP contribution is -2.12. The van der Waals surface area contributed by atoms with Crippen LogP contribution in [0.1, 0.15) is 23.8 Å². The summed E-state index contributed by atoms with van der Waals surface area (Å²) in [5.41, 5.74) is 6.88. The molecule has 0 radical (unpaired) electrons. The molecule has 0 amide bonds. The number of aliphatic imine (C=N–C) groups is 1. The van der Waals surface area contributed by atoms with E-state index in [1.54, 1.807) is 6.21 Å². The monoisotopic (exact) mass is 209 g/mol. The second kappa shape index (κ2) is 3.16. The van der Waals surface area contributed by atoms with Gasteiger partial charge in [-0.25, -0.2) is 0 Å². The maximum atomic E-state index is 12.2. The summed E-state index contributed by atoms with van der Waals surface area (Å²) in [6.45, 7) is 3.69. The molecule has 0 aromatic heterocycles. The van der Waals surface area contributed by atoms with Gasteiger partial charge in [0.15, 0.2) is 5.78 Å². The van der Waals surface area contributed by atoms with Gasteiger partial charge in [-0.3, -0.25) is 9.79 Å². The van der Waals surface area contributed by atoms with Gasteiger partial charge in [-0.05, 0) is 0 Å². The number of fused-ring (bicyclic) bond motifs is 1. The number of hydrogen-bond donors (Lipinski definition) is 0. The number of hydrogen-bond acceptors (Lipinski definition) is 2. The lowest BCUT2D eigenvalue weighted by Gasteiger charge is -2.17. The molecule has 16 heavy (non-hydrogen) atoms. The molecule has 1 aliphatic heterocycles. The van der Waals surface area contributed by atoms with Crippen LogP contribution in [0.15, 0.2) is 52.8 Å². The fourth-order valence-electron chi connectivity index (χ4n) is 2.19. The topological polar surface area (TPSA) is 29.4 Å².